The fourth-order valence-corrected chi connectivity index (χ4v) is 0.717. The minimum absolute atomic E-state index is 0.365. The van der Waals surface area contributed by atoms with Crippen LogP contribution in [-0.2, 0) is 14.2 Å². The standard InChI is InChI=1S/C6H10O3.C3H8O3.C2H4/c1(5-3-8-5)7-2-6-4-9-6;4-1-3(6)2-5;1-2/h5-6H,1-4H2;3-6H,1-2H2;1-2H2. The van der Waals surface area contributed by atoms with Gasteiger partial charge in [0.25, 0.3) is 0 Å². The molecule has 0 amide bonds. The monoisotopic (exact) mass is 250 g/mol. The summed E-state index contributed by atoms with van der Waals surface area (Å²) in [7, 11) is 0. The highest BCUT2D eigenvalue weighted by Gasteiger charge is 2.26. The number of ether oxygens (including phenoxy) is 3. The number of aliphatic hydroxyl groups is 3. The van der Waals surface area contributed by atoms with E-state index in [1.165, 1.54) is 0 Å². The van der Waals surface area contributed by atoms with Gasteiger partial charge in [0.15, 0.2) is 0 Å². The molecular weight excluding hydrogens is 228 g/mol. The second-order valence-corrected chi connectivity index (χ2v) is 3.47. The molecule has 2 atom stereocenters. The van der Waals surface area contributed by atoms with Gasteiger partial charge in [-0.2, -0.15) is 0 Å². The lowest BCUT2D eigenvalue weighted by molar-refractivity contribution is 0.0450. The van der Waals surface area contributed by atoms with Gasteiger partial charge in [-0.05, 0) is 0 Å². The Bertz CT molecular complexity index is 153. The molecule has 3 N–H and O–H groups in total. The number of aliphatic hydroxyl groups excluding tert-OH is 3. The second kappa shape index (κ2) is 10.6. The molecule has 2 aliphatic rings. The summed E-state index contributed by atoms with van der Waals surface area (Å²) in [6.07, 6.45) is -0.169. The average molecular weight is 250 g/mol. The molecule has 0 aliphatic carbocycles. The predicted octanol–water partition coefficient (Wildman–Crippen LogP) is -1.07. The zero-order valence-corrected chi connectivity index (χ0v) is 9.96. The van der Waals surface area contributed by atoms with E-state index in [4.69, 9.17) is 29.5 Å². The van der Waals surface area contributed by atoms with Crippen LogP contribution in [0, 0.1) is 0 Å². The van der Waals surface area contributed by atoms with Gasteiger partial charge in [0.2, 0.25) is 0 Å². The van der Waals surface area contributed by atoms with Crippen molar-refractivity contribution in [1.82, 2.24) is 0 Å². The van der Waals surface area contributed by atoms with E-state index in [-0.39, 0.29) is 13.2 Å². The topological polar surface area (TPSA) is 95.0 Å². The number of hydrogen-bond acceptors (Lipinski definition) is 6. The quantitative estimate of drug-likeness (QED) is 0.410. The summed E-state index contributed by atoms with van der Waals surface area (Å²) in [6.45, 7) is 8.53. The molecule has 2 unspecified atom stereocenters. The van der Waals surface area contributed by atoms with Crippen molar-refractivity contribution in [3.8, 4) is 0 Å². The molecule has 0 saturated carbocycles. The first-order valence-corrected chi connectivity index (χ1v) is 5.47. The normalized spacial score (nSPS) is 24.2. The Kier molecular flexibility index (Phi) is 10.3. The van der Waals surface area contributed by atoms with E-state index in [0.717, 1.165) is 26.4 Å². The molecule has 0 spiro atoms. The molecule has 17 heavy (non-hydrogen) atoms. The highest BCUT2D eigenvalue weighted by atomic mass is 16.6. The third-order valence-corrected chi connectivity index (χ3v) is 1.83. The molecule has 2 aliphatic heterocycles. The lowest BCUT2D eigenvalue weighted by atomic mass is 10.4. The SMILES string of the molecule is C(OCC1CO1)C1CO1.C=C.OCC(O)CO. The van der Waals surface area contributed by atoms with E-state index in [9.17, 15) is 0 Å². The second-order valence-electron chi connectivity index (χ2n) is 3.47. The molecule has 6 heteroatoms. The van der Waals surface area contributed by atoms with Crippen LogP contribution in [0.15, 0.2) is 13.2 Å². The lowest BCUT2D eigenvalue weighted by Gasteiger charge is -1.96. The van der Waals surface area contributed by atoms with Crippen LogP contribution < -0.4 is 0 Å². The van der Waals surface area contributed by atoms with Crippen LogP contribution >= 0.6 is 0 Å². The minimum atomic E-state index is -0.954. The van der Waals surface area contributed by atoms with Crippen LogP contribution in [-0.4, -0.2) is 73.3 Å². The highest BCUT2D eigenvalue weighted by molar-refractivity contribution is 4.71. The summed E-state index contributed by atoms with van der Waals surface area (Å²) in [5, 5.41) is 24.0. The number of hydrogen-bond donors (Lipinski definition) is 3. The molecule has 0 aromatic carbocycles. The van der Waals surface area contributed by atoms with Crippen molar-refractivity contribution in [1.29, 1.82) is 0 Å². The zero-order valence-electron chi connectivity index (χ0n) is 9.96. The Balaban J connectivity index is 0.000000283. The molecule has 2 heterocycles. The van der Waals surface area contributed by atoms with Crippen LogP contribution in [0.2, 0.25) is 0 Å². The summed E-state index contributed by atoms with van der Waals surface area (Å²) in [5.41, 5.74) is 0. The van der Waals surface area contributed by atoms with Gasteiger partial charge in [0.1, 0.15) is 18.3 Å². The predicted molar refractivity (Wildman–Crippen MR) is 61.7 cm³/mol. The first-order chi connectivity index (χ1) is 8.26. The van der Waals surface area contributed by atoms with Crippen molar-refractivity contribution < 1.29 is 29.5 Å². The molecular formula is C11H22O6. The van der Waals surface area contributed by atoms with Crippen molar-refractivity contribution in [2.45, 2.75) is 18.3 Å². The van der Waals surface area contributed by atoms with Crippen molar-refractivity contribution in [3.63, 3.8) is 0 Å². The Morgan fingerprint density at radius 2 is 1.41 bits per heavy atom. The van der Waals surface area contributed by atoms with Crippen LogP contribution in [0.5, 0.6) is 0 Å². The summed E-state index contributed by atoms with van der Waals surface area (Å²) in [4.78, 5) is 0. The minimum Gasteiger partial charge on any atom is -0.394 e. The maximum Gasteiger partial charge on any atom is 0.104 e. The number of epoxide rings is 2. The molecule has 102 valence electrons. The van der Waals surface area contributed by atoms with Crippen molar-refractivity contribution >= 4 is 0 Å². The largest absolute Gasteiger partial charge is 0.394 e. The molecule has 2 rings (SSSR count). The van der Waals surface area contributed by atoms with E-state index in [2.05, 4.69) is 13.2 Å². The third-order valence-electron chi connectivity index (χ3n) is 1.83. The van der Waals surface area contributed by atoms with Gasteiger partial charge >= 0.3 is 0 Å². The summed E-state index contributed by atoms with van der Waals surface area (Å²) in [5.74, 6) is 0. The van der Waals surface area contributed by atoms with E-state index >= 15 is 0 Å². The smallest absolute Gasteiger partial charge is 0.104 e. The van der Waals surface area contributed by atoms with Crippen molar-refractivity contribution in [3.05, 3.63) is 13.2 Å². The zero-order chi connectivity index (χ0) is 13.1. The van der Waals surface area contributed by atoms with Crippen LogP contribution in [0.4, 0.5) is 0 Å². The Labute approximate surface area is 101 Å². The summed E-state index contributed by atoms with van der Waals surface area (Å²) >= 11 is 0. The molecule has 0 bridgehead atoms. The van der Waals surface area contributed by atoms with E-state index < -0.39 is 6.10 Å². The molecule has 6 nitrogen and oxygen atoms in total. The van der Waals surface area contributed by atoms with Gasteiger partial charge in [-0.15, -0.1) is 13.2 Å². The van der Waals surface area contributed by atoms with Gasteiger partial charge in [-0.1, -0.05) is 0 Å². The van der Waals surface area contributed by atoms with E-state index in [0.29, 0.717) is 12.2 Å². The molecule has 0 radical (unpaired) electrons. The summed E-state index contributed by atoms with van der Waals surface area (Å²) < 4.78 is 15.1. The van der Waals surface area contributed by atoms with Crippen LogP contribution in [0.3, 0.4) is 0 Å². The first kappa shape index (κ1) is 16.5. The molecule has 2 fully saturated rings. The Hall–Kier alpha value is -0.500. The van der Waals surface area contributed by atoms with E-state index in [1.807, 2.05) is 0 Å². The Morgan fingerprint density at radius 3 is 1.59 bits per heavy atom. The van der Waals surface area contributed by atoms with Crippen LogP contribution in [0.25, 0.3) is 0 Å². The fraction of sp³-hybridized carbons (Fsp3) is 0.818. The lowest BCUT2D eigenvalue weighted by Crippen LogP contribution is -2.15. The van der Waals surface area contributed by atoms with Gasteiger partial charge in [-0.25, -0.2) is 0 Å². The first-order valence-electron chi connectivity index (χ1n) is 5.47. The highest BCUT2D eigenvalue weighted by Crippen LogP contribution is 2.12. The maximum atomic E-state index is 8.17. The van der Waals surface area contributed by atoms with Crippen molar-refractivity contribution in [2.24, 2.45) is 0 Å². The van der Waals surface area contributed by atoms with Crippen molar-refractivity contribution in [2.75, 3.05) is 39.6 Å². The average Bonchev–Trinajstić information content (AvgIpc) is 3.25. The molecule has 0 aromatic rings. The van der Waals surface area contributed by atoms with Crippen LogP contribution in [0.1, 0.15) is 0 Å². The molecule has 2 saturated heterocycles. The van der Waals surface area contributed by atoms with E-state index in [1.54, 1.807) is 0 Å². The Morgan fingerprint density at radius 1 is 1.06 bits per heavy atom. The molecule has 0 aromatic heterocycles. The third kappa shape index (κ3) is 11.8. The van der Waals surface area contributed by atoms with Gasteiger partial charge < -0.3 is 29.5 Å². The maximum absolute atomic E-state index is 8.17. The fourth-order valence-electron chi connectivity index (χ4n) is 0.717. The number of rotatable bonds is 6. The van der Waals surface area contributed by atoms with Gasteiger partial charge in [0.05, 0.1) is 39.6 Å². The van der Waals surface area contributed by atoms with Gasteiger partial charge in [0, 0.05) is 0 Å². The summed E-state index contributed by atoms with van der Waals surface area (Å²) in [6, 6.07) is 0. The van der Waals surface area contributed by atoms with Gasteiger partial charge in [-0.3, -0.25) is 0 Å².